The van der Waals surface area contributed by atoms with Crippen LogP contribution in [0, 0.1) is 13.8 Å². The van der Waals surface area contributed by atoms with E-state index in [0.717, 1.165) is 29.0 Å². The van der Waals surface area contributed by atoms with Crippen molar-refractivity contribution >= 4 is 29.0 Å². The van der Waals surface area contributed by atoms with Crippen LogP contribution in [0.4, 0.5) is 5.69 Å². The van der Waals surface area contributed by atoms with Gasteiger partial charge in [0.1, 0.15) is 11.4 Å². The summed E-state index contributed by atoms with van der Waals surface area (Å²) in [7, 11) is 1.37. The standard InChI is InChI=1S/C22H26N2O3S/c1-13-6-9-19-16(10-13)18(12-22(3,4)27-19)24-21(28)23-17-11-15(20(25)26-5)8-7-14(17)2/h6-11,18H,12H2,1-5H3,(H2,23,24,28)/t18-/m0/s1. The fourth-order valence-electron chi connectivity index (χ4n) is 3.42. The number of anilines is 1. The van der Waals surface area contributed by atoms with Crippen molar-refractivity contribution in [1.82, 2.24) is 5.32 Å². The van der Waals surface area contributed by atoms with Crippen LogP contribution in [0.15, 0.2) is 36.4 Å². The Kier molecular flexibility index (Phi) is 5.61. The zero-order chi connectivity index (χ0) is 20.5. The van der Waals surface area contributed by atoms with E-state index in [1.54, 1.807) is 12.1 Å². The molecule has 2 aromatic carbocycles. The van der Waals surface area contributed by atoms with E-state index >= 15 is 0 Å². The van der Waals surface area contributed by atoms with Gasteiger partial charge in [-0.3, -0.25) is 0 Å². The number of esters is 1. The van der Waals surface area contributed by atoms with E-state index in [4.69, 9.17) is 21.7 Å². The van der Waals surface area contributed by atoms with Gasteiger partial charge in [-0.2, -0.15) is 0 Å². The average molecular weight is 399 g/mol. The minimum atomic E-state index is -0.377. The van der Waals surface area contributed by atoms with E-state index in [1.165, 1.54) is 12.7 Å². The Labute approximate surface area is 171 Å². The second-order valence-electron chi connectivity index (χ2n) is 7.78. The SMILES string of the molecule is COC(=O)c1ccc(C)c(NC(=S)N[C@H]2CC(C)(C)Oc3ccc(C)cc32)c1. The molecule has 0 bridgehead atoms. The summed E-state index contributed by atoms with van der Waals surface area (Å²) in [5.74, 6) is 0.503. The number of ether oxygens (including phenoxy) is 2. The Hall–Kier alpha value is -2.60. The van der Waals surface area contributed by atoms with Crippen LogP contribution in [0.25, 0.3) is 0 Å². The molecule has 1 atom stereocenters. The fourth-order valence-corrected chi connectivity index (χ4v) is 3.67. The molecule has 2 N–H and O–H groups in total. The van der Waals surface area contributed by atoms with Gasteiger partial charge in [-0.25, -0.2) is 4.79 Å². The lowest BCUT2D eigenvalue weighted by Gasteiger charge is -2.38. The molecule has 6 heteroatoms. The number of rotatable bonds is 3. The van der Waals surface area contributed by atoms with E-state index < -0.39 is 0 Å². The van der Waals surface area contributed by atoms with Crippen LogP contribution in [0.1, 0.15) is 53.4 Å². The molecule has 0 saturated heterocycles. The molecular weight excluding hydrogens is 372 g/mol. The quantitative estimate of drug-likeness (QED) is 0.578. The van der Waals surface area contributed by atoms with Gasteiger partial charge in [0.25, 0.3) is 0 Å². The number of hydrogen-bond donors (Lipinski definition) is 2. The lowest BCUT2D eigenvalue weighted by Crippen LogP contribution is -2.42. The van der Waals surface area contributed by atoms with Crippen LogP contribution in [-0.4, -0.2) is 23.8 Å². The van der Waals surface area contributed by atoms with Crippen LogP contribution >= 0.6 is 12.2 Å². The Bertz CT molecular complexity index is 924. The van der Waals surface area contributed by atoms with E-state index in [9.17, 15) is 4.79 Å². The van der Waals surface area contributed by atoms with Gasteiger partial charge in [0, 0.05) is 17.7 Å². The summed E-state index contributed by atoms with van der Waals surface area (Å²) in [4.78, 5) is 11.8. The van der Waals surface area contributed by atoms with Crippen LogP contribution in [0.3, 0.4) is 0 Å². The molecule has 0 aliphatic carbocycles. The molecule has 0 fully saturated rings. The molecule has 2 aromatic rings. The molecule has 28 heavy (non-hydrogen) atoms. The first-order valence-corrected chi connectivity index (χ1v) is 9.65. The van der Waals surface area contributed by atoms with Crippen molar-refractivity contribution in [3.05, 3.63) is 58.7 Å². The van der Waals surface area contributed by atoms with Gasteiger partial charge in [-0.05, 0) is 63.7 Å². The third kappa shape index (κ3) is 4.44. The van der Waals surface area contributed by atoms with Crippen molar-refractivity contribution in [3.8, 4) is 5.75 Å². The molecule has 0 amide bonds. The average Bonchev–Trinajstić information content (AvgIpc) is 2.62. The largest absolute Gasteiger partial charge is 0.487 e. The molecule has 1 aliphatic rings. The second kappa shape index (κ2) is 7.80. The van der Waals surface area contributed by atoms with Gasteiger partial charge < -0.3 is 20.1 Å². The maximum atomic E-state index is 11.8. The van der Waals surface area contributed by atoms with Gasteiger partial charge in [-0.15, -0.1) is 0 Å². The number of carbonyl (C=O) groups excluding carboxylic acids is 1. The van der Waals surface area contributed by atoms with Gasteiger partial charge in [0.15, 0.2) is 5.11 Å². The number of carbonyl (C=O) groups is 1. The van der Waals surface area contributed by atoms with Gasteiger partial charge >= 0.3 is 5.97 Å². The third-order valence-electron chi connectivity index (χ3n) is 4.83. The molecule has 0 aromatic heterocycles. The van der Waals surface area contributed by atoms with Gasteiger partial charge in [0.05, 0.1) is 18.7 Å². The number of hydrogen-bond acceptors (Lipinski definition) is 4. The summed E-state index contributed by atoms with van der Waals surface area (Å²) in [6.45, 7) is 8.17. The summed E-state index contributed by atoms with van der Waals surface area (Å²) < 4.78 is 10.9. The lowest BCUT2D eigenvalue weighted by molar-refractivity contribution is 0.0600. The molecule has 5 nitrogen and oxygen atoms in total. The predicted octanol–water partition coefficient (Wildman–Crippen LogP) is 4.68. The first-order chi connectivity index (χ1) is 13.2. The van der Waals surface area contributed by atoms with Crippen molar-refractivity contribution in [2.75, 3.05) is 12.4 Å². The van der Waals surface area contributed by atoms with Gasteiger partial charge in [0.2, 0.25) is 0 Å². The fraction of sp³-hybridized carbons (Fsp3) is 0.364. The van der Waals surface area contributed by atoms with E-state index in [2.05, 4.69) is 43.5 Å². The smallest absolute Gasteiger partial charge is 0.337 e. The third-order valence-corrected chi connectivity index (χ3v) is 5.05. The first-order valence-electron chi connectivity index (χ1n) is 9.24. The Balaban J connectivity index is 1.80. The zero-order valence-corrected chi connectivity index (χ0v) is 17.7. The van der Waals surface area contributed by atoms with Crippen LogP contribution in [0.2, 0.25) is 0 Å². The maximum absolute atomic E-state index is 11.8. The lowest BCUT2D eigenvalue weighted by atomic mass is 9.89. The number of thiocarbonyl (C=S) groups is 1. The highest BCUT2D eigenvalue weighted by atomic mass is 32.1. The van der Waals surface area contributed by atoms with Crippen molar-refractivity contribution in [1.29, 1.82) is 0 Å². The van der Waals surface area contributed by atoms with Crippen LogP contribution in [-0.2, 0) is 4.74 Å². The number of benzene rings is 2. The second-order valence-corrected chi connectivity index (χ2v) is 8.19. The molecule has 0 spiro atoms. The topological polar surface area (TPSA) is 59.6 Å². The summed E-state index contributed by atoms with van der Waals surface area (Å²) in [5, 5.41) is 7.14. The highest BCUT2D eigenvalue weighted by Crippen LogP contribution is 2.39. The molecule has 0 saturated carbocycles. The molecule has 1 aliphatic heterocycles. The van der Waals surface area contributed by atoms with E-state index in [0.29, 0.717) is 10.7 Å². The number of nitrogens with one attached hydrogen (secondary N) is 2. The van der Waals surface area contributed by atoms with Crippen molar-refractivity contribution in [2.24, 2.45) is 0 Å². The molecular formula is C22H26N2O3S. The monoisotopic (exact) mass is 398 g/mol. The minimum absolute atomic E-state index is 0.0303. The summed E-state index contributed by atoms with van der Waals surface area (Å²) in [5.41, 5.74) is 4.22. The summed E-state index contributed by atoms with van der Waals surface area (Å²) in [6.07, 6.45) is 0.784. The highest BCUT2D eigenvalue weighted by Gasteiger charge is 2.34. The number of methoxy groups -OCH3 is 1. The van der Waals surface area contributed by atoms with Crippen molar-refractivity contribution < 1.29 is 14.3 Å². The van der Waals surface area contributed by atoms with Crippen LogP contribution < -0.4 is 15.4 Å². The van der Waals surface area contributed by atoms with Crippen molar-refractivity contribution in [2.45, 2.75) is 45.8 Å². The maximum Gasteiger partial charge on any atom is 0.337 e. The Morgan fingerprint density at radius 2 is 1.96 bits per heavy atom. The molecule has 3 rings (SSSR count). The Morgan fingerprint density at radius 1 is 1.21 bits per heavy atom. The number of fused-ring (bicyclic) bond motifs is 1. The molecule has 0 unspecified atom stereocenters. The minimum Gasteiger partial charge on any atom is -0.487 e. The van der Waals surface area contributed by atoms with Gasteiger partial charge in [-0.1, -0.05) is 23.8 Å². The summed E-state index contributed by atoms with van der Waals surface area (Å²) >= 11 is 5.57. The van der Waals surface area contributed by atoms with E-state index in [-0.39, 0.29) is 17.6 Å². The van der Waals surface area contributed by atoms with E-state index in [1.807, 2.05) is 19.1 Å². The molecule has 1 heterocycles. The highest BCUT2D eigenvalue weighted by molar-refractivity contribution is 7.80. The predicted molar refractivity (Wildman–Crippen MR) is 115 cm³/mol. The number of aryl methyl sites for hydroxylation is 2. The molecule has 0 radical (unpaired) electrons. The summed E-state index contributed by atoms with van der Waals surface area (Å²) in [6, 6.07) is 11.6. The first kappa shape index (κ1) is 20.1. The molecule has 148 valence electrons. The zero-order valence-electron chi connectivity index (χ0n) is 16.9. The van der Waals surface area contributed by atoms with Crippen LogP contribution in [0.5, 0.6) is 5.75 Å². The Morgan fingerprint density at radius 3 is 2.68 bits per heavy atom. The van der Waals surface area contributed by atoms with Crippen molar-refractivity contribution in [3.63, 3.8) is 0 Å². The normalized spacial score (nSPS) is 17.1.